The third-order valence-corrected chi connectivity index (χ3v) is 3.92. The maximum Gasteiger partial charge on any atom is 0.231 e. The summed E-state index contributed by atoms with van der Waals surface area (Å²) < 4.78 is 10.7. The van der Waals surface area contributed by atoms with Crippen molar-refractivity contribution in [3.05, 3.63) is 53.6 Å². The van der Waals surface area contributed by atoms with E-state index >= 15 is 0 Å². The molecule has 1 aliphatic heterocycles. The van der Waals surface area contributed by atoms with Crippen LogP contribution in [-0.2, 0) is 6.54 Å². The van der Waals surface area contributed by atoms with E-state index in [9.17, 15) is 0 Å². The molecule has 114 valence electrons. The van der Waals surface area contributed by atoms with E-state index in [0.29, 0.717) is 13.3 Å². The van der Waals surface area contributed by atoms with E-state index in [0.717, 1.165) is 33.3 Å². The van der Waals surface area contributed by atoms with Crippen LogP contribution in [0.4, 0.5) is 5.69 Å². The Kier molecular flexibility index (Phi) is 4.15. The molecular formula is C17H18N2O2S. The van der Waals surface area contributed by atoms with Gasteiger partial charge < -0.3 is 19.7 Å². The van der Waals surface area contributed by atoms with E-state index in [1.807, 2.05) is 44.4 Å². The first kappa shape index (κ1) is 14.7. The van der Waals surface area contributed by atoms with Crippen molar-refractivity contribution in [3.63, 3.8) is 0 Å². The predicted molar refractivity (Wildman–Crippen MR) is 91.9 cm³/mol. The lowest BCUT2D eigenvalue weighted by molar-refractivity contribution is 0.174. The Balaban J connectivity index is 1.62. The lowest BCUT2D eigenvalue weighted by Crippen LogP contribution is -2.21. The fourth-order valence-electron chi connectivity index (χ4n) is 2.25. The standard InChI is InChI=1S/C17H18N2O2S/c1-19(2)14-6-4-13(5-7-14)17(22)18-10-12-3-8-15-16(9-12)21-11-20-15/h3-9H,10-11H2,1-2H3,(H,18,22). The van der Waals surface area contributed by atoms with Crippen molar-refractivity contribution in [2.75, 3.05) is 25.8 Å². The minimum Gasteiger partial charge on any atom is -0.454 e. The van der Waals surface area contributed by atoms with Crippen LogP contribution in [-0.4, -0.2) is 25.9 Å². The number of nitrogens with zero attached hydrogens (tertiary/aromatic N) is 1. The first-order valence-electron chi connectivity index (χ1n) is 7.07. The molecule has 2 aromatic rings. The average molecular weight is 314 g/mol. The molecule has 0 amide bonds. The second kappa shape index (κ2) is 6.23. The highest BCUT2D eigenvalue weighted by atomic mass is 32.1. The molecule has 5 heteroatoms. The number of ether oxygens (including phenoxy) is 2. The molecule has 1 heterocycles. The highest BCUT2D eigenvalue weighted by molar-refractivity contribution is 7.80. The van der Waals surface area contributed by atoms with Gasteiger partial charge in [-0.05, 0) is 42.0 Å². The summed E-state index contributed by atoms with van der Waals surface area (Å²) in [6, 6.07) is 14.1. The maximum absolute atomic E-state index is 5.45. The molecular weight excluding hydrogens is 296 g/mol. The van der Waals surface area contributed by atoms with Crippen LogP contribution >= 0.6 is 12.2 Å². The van der Waals surface area contributed by atoms with Gasteiger partial charge in [-0.1, -0.05) is 18.3 Å². The van der Waals surface area contributed by atoms with Crippen LogP contribution in [0.2, 0.25) is 0 Å². The summed E-state index contributed by atoms with van der Waals surface area (Å²) in [6.45, 7) is 0.952. The van der Waals surface area contributed by atoms with Crippen LogP contribution < -0.4 is 19.7 Å². The van der Waals surface area contributed by atoms with Crippen molar-refractivity contribution in [1.29, 1.82) is 0 Å². The topological polar surface area (TPSA) is 33.7 Å². The summed E-state index contributed by atoms with van der Waals surface area (Å²) in [4.78, 5) is 2.80. The molecule has 0 aromatic heterocycles. The Morgan fingerprint density at radius 2 is 1.82 bits per heavy atom. The number of nitrogens with one attached hydrogen (secondary N) is 1. The fourth-order valence-corrected chi connectivity index (χ4v) is 2.45. The molecule has 0 atom stereocenters. The number of thiocarbonyl (C=S) groups is 1. The van der Waals surface area contributed by atoms with Gasteiger partial charge in [0.05, 0.1) is 0 Å². The second-order valence-corrected chi connectivity index (χ2v) is 5.72. The third kappa shape index (κ3) is 3.14. The monoisotopic (exact) mass is 314 g/mol. The Hall–Kier alpha value is -2.27. The van der Waals surface area contributed by atoms with Gasteiger partial charge in [0.25, 0.3) is 0 Å². The smallest absolute Gasteiger partial charge is 0.231 e. The SMILES string of the molecule is CN(C)c1ccc(C(=S)NCc2ccc3c(c2)OCO3)cc1. The number of benzene rings is 2. The fraction of sp³-hybridized carbons (Fsp3) is 0.235. The molecule has 0 saturated carbocycles. The van der Waals surface area contributed by atoms with Gasteiger partial charge in [0, 0.05) is 31.9 Å². The molecule has 0 bridgehead atoms. The summed E-state index contributed by atoms with van der Waals surface area (Å²) >= 11 is 5.45. The van der Waals surface area contributed by atoms with Crippen LogP contribution in [0.3, 0.4) is 0 Å². The van der Waals surface area contributed by atoms with Crippen LogP contribution in [0, 0.1) is 0 Å². The van der Waals surface area contributed by atoms with Crippen LogP contribution in [0.1, 0.15) is 11.1 Å². The number of hydrogen-bond acceptors (Lipinski definition) is 4. The first-order valence-corrected chi connectivity index (χ1v) is 7.48. The van der Waals surface area contributed by atoms with Crippen LogP contribution in [0.25, 0.3) is 0 Å². The van der Waals surface area contributed by atoms with Gasteiger partial charge in [-0.25, -0.2) is 0 Å². The van der Waals surface area contributed by atoms with Crippen LogP contribution in [0.15, 0.2) is 42.5 Å². The molecule has 0 radical (unpaired) electrons. The van der Waals surface area contributed by atoms with E-state index < -0.39 is 0 Å². The maximum atomic E-state index is 5.45. The number of fused-ring (bicyclic) bond motifs is 1. The van der Waals surface area contributed by atoms with Crippen molar-refractivity contribution >= 4 is 22.9 Å². The molecule has 3 rings (SSSR count). The normalized spacial score (nSPS) is 12.1. The third-order valence-electron chi connectivity index (χ3n) is 3.54. The van der Waals surface area contributed by atoms with Crippen molar-refractivity contribution in [3.8, 4) is 11.5 Å². The number of hydrogen-bond donors (Lipinski definition) is 1. The molecule has 4 nitrogen and oxygen atoms in total. The lowest BCUT2D eigenvalue weighted by atomic mass is 10.1. The summed E-state index contributed by atoms with van der Waals surface area (Å²) in [6.07, 6.45) is 0. The molecule has 0 unspecified atom stereocenters. The predicted octanol–water partition coefficient (Wildman–Crippen LogP) is 2.95. The van der Waals surface area contributed by atoms with Gasteiger partial charge in [0.2, 0.25) is 6.79 Å². The van der Waals surface area contributed by atoms with Crippen molar-refractivity contribution in [2.24, 2.45) is 0 Å². The lowest BCUT2D eigenvalue weighted by Gasteiger charge is -2.13. The largest absolute Gasteiger partial charge is 0.454 e. The van der Waals surface area contributed by atoms with E-state index in [2.05, 4.69) is 22.3 Å². The summed E-state index contributed by atoms with van der Waals surface area (Å²) in [5.74, 6) is 1.59. The van der Waals surface area contributed by atoms with E-state index in [1.54, 1.807) is 0 Å². The molecule has 0 spiro atoms. The molecule has 1 N–H and O–H groups in total. The van der Waals surface area contributed by atoms with E-state index in [-0.39, 0.29) is 0 Å². The zero-order chi connectivity index (χ0) is 15.5. The highest BCUT2D eigenvalue weighted by Gasteiger charge is 2.13. The minimum atomic E-state index is 0.294. The van der Waals surface area contributed by atoms with Gasteiger partial charge in [-0.3, -0.25) is 0 Å². The summed E-state index contributed by atoms with van der Waals surface area (Å²) in [5, 5.41) is 3.28. The molecule has 2 aromatic carbocycles. The highest BCUT2D eigenvalue weighted by Crippen LogP contribution is 2.32. The molecule has 0 saturated heterocycles. The molecule has 1 aliphatic rings. The minimum absolute atomic E-state index is 0.294. The van der Waals surface area contributed by atoms with Gasteiger partial charge in [0.1, 0.15) is 4.99 Å². The van der Waals surface area contributed by atoms with Crippen molar-refractivity contribution in [2.45, 2.75) is 6.54 Å². The first-order chi connectivity index (χ1) is 10.6. The van der Waals surface area contributed by atoms with Gasteiger partial charge in [-0.2, -0.15) is 0 Å². The van der Waals surface area contributed by atoms with E-state index in [4.69, 9.17) is 21.7 Å². The number of rotatable bonds is 4. The van der Waals surface area contributed by atoms with Gasteiger partial charge in [-0.15, -0.1) is 0 Å². The molecule has 22 heavy (non-hydrogen) atoms. The molecule has 0 fully saturated rings. The molecule has 0 aliphatic carbocycles. The van der Waals surface area contributed by atoms with Crippen molar-refractivity contribution in [1.82, 2.24) is 5.32 Å². The Labute approximate surface area is 135 Å². The van der Waals surface area contributed by atoms with Crippen LogP contribution in [0.5, 0.6) is 11.5 Å². The Morgan fingerprint density at radius 3 is 2.55 bits per heavy atom. The second-order valence-electron chi connectivity index (χ2n) is 5.31. The Morgan fingerprint density at radius 1 is 1.09 bits per heavy atom. The summed E-state index contributed by atoms with van der Waals surface area (Å²) in [7, 11) is 4.04. The average Bonchev–Trinajstić information content (AvgIpc) is 3.00. The quantitative estimate of drug-likeness (QED) is 0.878. The zero-order valence-electron chi connectivity index (χ0n) is 12.6. The Bertz CT molecular complexity index is 684. The summed E-state index contributed by atoms with van der Waals surface area (Å²) in [5.41, 5.74) is 3.28. The van der Waals surface area contributed by atoms with E-state index in [1.165, 1.54) is 0 Å². The van der Waals surface area contributed by atoms with Gasteiger partial charge >= 0.3 is 0 Å². The number of anilines is 1. The zero-order valence-corrected chi connectivity index (χ0v) is 13.4. The van der Waals surface area contributed by atoms with Crippen molar-refractivity contribution < 1.29 is 9.47 Å². The van der Waals surface area contributed by atoms with Gasteiger partial charge in [0.15, 0.2) is 11.5 Å².